The second-order valence-electron chi connectivity index (χ2n) is 2.27. The fourth-order valence-corrected chi connectivity index (χ4v) is 0.363. The largest absolute Gasteiger partial charge is 0.390 e. The number of methoxy groups -OCH3 is 1. The van der Waals surface area contributed by atoms with Crippen molar-refractivity contribution in [3.05, 3.63) is 0 Å². The standard InChI is InChI=1S/C6H14O2/c1-5(2)6(7)4-8-3/h5-7H,4H2,1-3H3/t6-/m0/s1. The molecule has 0 aromatic carbocycles. The fraction of sp³-hybridized carbons (Fsp3) is 1.00. The molecular formula is C6H14O2. The number of ether oxygens (including phenoxy) is 1. The SMILES string of the molecule is COC[C@H](O)C(C)C. The first-order valence-corrected chi connectivity index (χ1v) is 2.85. The Bertz CT molecular complexity index is 52.5. The van der Waals surface area contributed by atoms with E-state index in [4.69, 9.17) is 9.84 Å². The van der Waals surface area contributed by atoms with E-state index in [0.29, 0.717) is 12.5 Å². The van der Waals surface area contributed by atoms with Gasteiger partial charge in [-0.2, -0.15) is 0 Å². The third-order valence-electron chi connectivity index (χ3n) is 1.11. The number of aliphatic hydroxyl groups is 1. The number of aliphatic hydroxyl groups excluding tert-OH is 1. The molecule has 0 fully saturated rings. The maximum absolute atomic E-state index is 9.00. The summed E-state index contributed by atoms with van der Waals surface area (Å²) in [6.45, 7) is 4.37. The number of rotatable bonds is 3. The van der Waals surface area contributed by atoms with E-state index in [0.717, 1.165) is 0 Å². The summed E-state index contributed by atoms with van der Waals surface area (Å²) >= 11 is 0. The van der Waals surface area contributed by atoms with Gasteiger partial charge in [-0.05, 0) is 5.92 Å². The molecule has 0 aromatic rings. The molecule has 50 valence electrons. The van der Waals surface area contributed by atoms with Gasteiger partial charge < -0.3 is 9.84 Å². The van der Waals surface area contributed by atoms with Crippen LogP contribution in [0.15, 0.2) is 0 Å². The van der Waals surface area contributed by atoms with Crippen LogP contribution < -0.4 is 0 Å². The van der Waals surface area contributed by atoms with Crippen LogP contribution in [0.25, 0.3) is 0 Å². The lowest BCUT2D eigenvalue weighted by molar-refractivity contribution is 0.0356. The van der Waals surface area contributed by atoms with Crippen LogP contribution in [0.1, 0.15) is 13.8 Å². The van der Waals surface area contributed by atoms with Gasteiger partial charge in [0.1, 0.15) is 0 Å². The topological polar surface area (TPSA) is 29.5 Å². The van der Waals surface area contributed by atoms with Gasteiger partial charge in [-0.1, -0.05) is 13.8 Å². The normalized spacial score (nSPS) is 14.6. The molecule has 0 unspecified atom stereocenters. The quantitative estimate of drug-likeness (QED) is 0.589. The Morgan fingerprint density at radius 2 is 2.00 bits per heavy atom. The van der Waals surface area contributed by atoms with Crippen LogP contribution in [0.4, 0.5) is 0 Å². The summed E-state index contributed by atoms with van der Waals surface area (Å²) in [5.41, 5.74) is 0. The first kappa shape index (κ1) is 7.92. The van der Waals surface area contributed by atoms with E-state index in [1.165, 1.54) is 0 Å². The van der Waals surface area contributed by atoms with Crippen LogP contribution in [0, 0.1) is 5.92 Å². The molecule has 0 heterocycles. The van der Waals surface area contributed by atoms with Gasteiger partial charge in [0, 0.05) is 7.11 Å². The smallest absolute Gasteiger partial charge is 0.0796 e. The highest BCUT2D eigenvalue weighted by Gasteiger charge is 2.06. The molecule has 0 aliphatic heterocycles. The third kappa shape index (κ3) is 2.99. The van der Waals surface area contributed by atoms with Crippen molar-refractivity contribution < 1.29 is 9.84 Å². The second kappa shape index (κ2) is 3.87. The van der Waals surface area contributed by atoms with Gasteiger partial charge in [-0.25, -0.2) is 0 Å². The van der Waals surface area contributed by atoms with E-state index < -0.39 is 0 Å². The Kier molecular flexibility index (Phi) is 3.83. The minimum atomic E-state index is -0.306. The first-order valence-electron chi connectivity index (χ1n) is 2.85. The van der Waals surface area contributed by atoms with Crippen molar-refractivity contribution in [1.29, 1.82) is 0 Å². The summed E-state index contributed by atoms with van der Waals surface area (Å²) < 4.78 is 4.71. The second-order valence-corrected chi connectivity index (χ2v) is 2.27. The lowest BCUT2D eigenvalue weighted by Crippen LogP contribution is -2.20. The van der Waals surface area contributed by atoms with E-state index in [9.17, 15) is 0 Å². The molecule has 0 saturated carbocycles. The minimum absolute atomic E-state index is 0.301. The van der Waals surface area contributed by atoms with E-state index >= 15 is 0 Å². The molecule has 0 saturated heterocycles. The zero-order chi connectivity index (χ0) is 6.57. The minimum Gasteiger partial charge on any atom is -0.390 e. The summed E-state index contributed by atoms with van der Waals surface area (Å²) in [5.74, 6) is 0.301. The van der Waals surface area contributed by atoms with E-state index in [-0.39, 0.29) is 6.10 Å². The number of hydrogen-bond acceptors (Lipinski definition) is 2. The van der Waals surface area contributed by atoms with Crippen molar-refractivity contribution in [1.82, 2.24) is 0 Å². The van der Waals surface area contributed by atoms with E-state index in [2.05, 4.69) is 0 Å². The van der Waals surface area contributed by atoms with Gasteiger partial charge in [-0.3, -0.25) is 0 Å². The molecular weight excluding hydrogens is 104 g/mol. The Morgan fingerprint density at radius 1 is 1.50 bits per heavy atom. The molecule has 0 amide bonds. The highest BCUT2D eigenvalue weighted by molar-refractivity contribution is 4.56. The predicted octanol–water partition coefficient (Wildman–Crippen LogP) is 0.650. The van der Waals surface area contributed by atoms with Crippen molar-refractivity contribution in [2.24, 2.45) is 5.92 Å². The maximum atomic E-state index is 9.00. The van der Waals surface area contributed by atoms with Crippen LogP contribution in [0.5, 0.6) is 0 Å². The molecule has 0 aromatic heterocycles. The zero-order valence-electron chi connectivity index (χ0n) is 5.72. The Morgan fingerprint density at radius 3 is 2.12 bits per heavy atom. The van der Waals surface area contributed by atoms with Gasteiger partial charge in [0.15, 0.2) is 0 Å². The summed E-state index contributed by atoms with van der Waals surface area (Å²) in [7, 11) is 1.59. The van der Waals surface area contributed by atoms with Crippen LogP contribution in [-0.4, -0.2) is 24.9 Å². The Labute approximate surface area is 50.5 Å². The lowest BCUT2D eigenvalue weighted by Gasteiger charge is -2.11. The highest BCUT2D eigenvalue weighted by Crippen LogP contribution is 1.99. The van der Waals surface area contributed by atoms with Crippen LogP contribution in [-0.2, 0) is 4.74 Å². The third-order valence-corrected chi connectivity index (χ3v) is 1.11. The molecule has 0 aliphatic rings. The van der Waals surface area contributed by atoms with Crippen molar-refractivity contribution >= 4 is 0 Å². The monoisotopic (exact) mass is 118 g/mol. The van der Waals surface area contributed by atoms with Crippen molar-refractivity contribution in [2.45, 2.75) is 20.0 Å². The molecule has 1 N–H and O–H groups in total. The Balaban J connectivity index is 3.17. The molecule has 0 aliphatic carbocycles. The summed E-state index contributed by atoms with van der Waals surface area (Å²) in [6, 6.07) is 0. The van der Waals surface area contributed by atoms with Gasteiger partial charge in [0.25, 0.3) is 0 Å². The van der Waals surface area contributed by atoms with Gasteiger partial charge in [-0.15, -0.1) is 0 Å². The molecule has 8 heavy (non-hydrogen) atoms. The average Bonchev–Trinajstić information content (AvgIpc) is 1.67. The maximum Gasteiger partial charge on any atom is 0.0796 e. The molecule has 0 spiro atoms. The van der Waals surface area contributed by atoms with Crippen LogP contribution in [0.2, 0.25) is 0 Å². The molecule has 2 heteroatoms. The van der Waals surface area contributed by atoms with E-state index in [1.807, 2.05) is 13.8 Å². The number of hydrogen-bond donors (Lipinski definition) is 1. The first-order chi connectivity index (χ1) is 3.68. The van der Waals surface area contributed by atoms with Gasteiger partial charge in [0.2, 0.25) is 0 Å². The highest BCUT2D eigenvalue weighted by atomic mass is 16.5. The Hall–Kier alpha value is -0.0800. The molecule has 2 nitrogen and oxygen atoms in total. The summed E-state index contributed by atoms with van der Waals surface area (Å²) in [5, 5.41) is 9.00. The molecule has 0 radical (unpaired) electrons. The molecule has 0 bridgehead atoms. The predicted molar refractivity (Wildman–Crippen MR) is 32.7 cm³/mol. The summed E-state index contributed by atoms with van der Waals surface area (Å²) in [6.07, 6.45) is -0.306. The van der Waals surface area contributed by atoms with Crippen LogP contribution >= 0.6 is 0 Å². The fourth-order valence-electron chi connectivity index (χ4n) is 0.363. The van der Waals surface area contributed by atoms with Crippen LogP contribution in [0.3, 0.4) is 0 Å². The van der Waals surface area contributed by atoms with Crippen molar-refractivity contribution in [2.75, 3.05) is 13.7 Å². The van der Waals surface area contributed by atoms with E-state index in [1.54, 1.807) is 7.11 Å². The summed E-state index contributed by atoms with van der Waals surface area (Å²) in [4.78, 5) is 0. The zero-order valence-corrected chi connectivity index (χ0v) is 5.72. The molecule has 1 atom stereocenters. The van der Waals surface area contributed by atoms with Gasteiger partial charge >= 0.3 is 0 Å². The molecule has 0 rings (SSSR count). The van der Waals surface area contributed by atoms with Crippen molar-refractivity contribution in [3.63, 3.8) is 0 Å². The van der Waals surface area contributed by atoms with Gasteiger partial charge in [0.05, 0.1) is 12.7 Å². The lowest BCUT2D eigenvalue weighted by atomic mass is 10.1. The van der Waals surface area contributed by atoms with Crippen molar-refractivity contribution in [3.8, 4) is 0 Å². The average molecular weight is 118 g/mol.